The van der Waals surface area contributed by atoms with E-state index in [1.165, 1.54) is 6.20 Å². The van der Waals surface area contributed by atoms with Crippen molar-refractivity contribution in [2.45, 2.75) is 6.54 Å². The number of imidazole rings is 2. The van der Waals surface area contributed by atoms with Gasteiger partial charge in [-0.05, 0) is 12.1 Å². The van der Waals surface area contributed by atoms with Gasteiger partial charge in [-0.3, -0.25) is 9.36 Å². The zero-order chi connectivity index (χ0) is 13.8. The predicted octanol–water partition coefficient (Wildman–Crippen LogP) is 0.920. The summed E-state index contributed by atoms with van der Waals surface area (Å²) in [5, 5.41) is 2.79. The van der Waals surface area contributed by atoms with Gasteiger partial charge in [0.05, 0.1) is 24.1 Å². The van der Waals surface area contributed by atoms with Gasteiger partial charge in [0.15, 0.2) is 0 Å². The smallest absolute Gasteiger partial charge is 0.253 e. The van der Waals surface area contributed by atoms with Crippen molar-refractivity contribution in [1.29, 1.82) is 0 Å². The number of aromatic nitrogens is 5. The molecule has 3 heterocycles. The van der Waals surface area contributed by atoms with Gasteiger partial charge in [0.1, 0.15) is 12.1 Å². The van der Waals surface area contributed by atoms with Crippen LogP contribution in [0.15, 0.2) is 49.6 Å². The highest BCUT2D eigenvalue weighted by Crippen LogP contribution is 2.05. The molecule has 20 heavy (non-hydrogen) atoms. The second-order valence-electron chi connectivity index (χ2n) is 4.13. The second-order valence-corrected chi connectivity index (χ2v) is 4.13. The topological polar surface area (TPSA) is 88.5 Å². The highest BCUT2D eigenvalue weighted by atomic mass is 16.1. The third-order valence-corrected chi connectivity index (χ3v) is 2.77. The van der Waals surface area contributed by atoms with Crippen LogP contribution in [-0.4, -0.2) is 30.4 Å². The molecule has 1 amide bonds. The van der Waals surface area contributed by atoms with Crippen LogP contribution in [-0.2, 0) is 6.54 Å². The quantitative estimate of drug-likeness (QED) is 0.736. The van der Waals surface area contributed by atoms with E-state index in [-0.39, 0.29) is 5.91 Å². The third-order valence-electron chi connectivity index (χ3n) is 2.77. The lowest BCUT2D eigenvalue weighted by atomic mass is 10.2. The fourth-order valence-corrected chi connectivity index (χ4v) is 1.73. The molecule has 0 spiro atoms. The molecule has 0 radical (unpaired) electrons. The highest BCUT2D eigenvalue weighted by molar-refractivity contribution is 5.93. The molecule has 0 aliphatic heterocycles. The lowest BCUT2D eigenvalue weighted by Gasteiger charge is -2.05. The Morgan fingerprint density at radius 1 is 1.30 bits per heavy atom. The largest absolute Gasteiger partial charge is 0.347 e. The van der Waals surface area contributed by atoms with Crippen molar-refractivity contribution in [3.05, 3.63) is 60.8 Å². The minimum atomic E-state index is -0.177. The average molecular weight is 268 g/mol. The molecule has 0 bridgehead atoms. The number of aromatic amines is 1. The molecule has 0 fully saturated rings. The number of carbonyl (C=O) groups excluding carboxylic acids is 1. The molecule has 0 aromatic carbocycles. The van der Waals surface area contributed by atoms with Gasteiger partial charge in [0, 0.05) is 24.8 Å². The lowest BCUT2D eigenvalue weighted by Crippen LogP contribution is -2.23. The van der Waals surface area contributed by atoms with E-state index in [9.17, 15) is 4.79 Å². The van der Waals surface area contributed by atoms with Crippen molar-refractivity contribution in [1.82, 2.24) is 29.8 Å². The fourth-order valence-electron chi connectivity index (χ4n) is 1.73. The van der Waals surface area contributed by atoms with Crippen LogP contribution in [0.3, 0.4) is 0 Å². The van der Waals surface area contributed by atoms with Crippen LogP contribution in [0.5, 0.6) is 0 Å². The number of nitrogens with one attached hydrogen (secondary N) is 2. The number of H-pyrrole nitrogens is 1. The minimum absolute atomic E-state index is 0.177. The SMILES string of the molecule is O=C(NCc1cnc[nH]1)c1ccc(-n2ccnc2)nc1. The molecular formula is C13H12N6O. The van der Waals surface area contributed by atoms with Gasteiger partial charge in [-0.2, -0.15) is 0 Å². The van der Waals surface area contributed by atoms with E-state index >= 15 is 0 Å². The first-order chi connectivity index (χ1) is 9.83. The first-order valence-corrected chi connectivity index (χ1v) is 6.03. The Hall–Kier alpha value is -2.96. The van der Waals surface area contributed by atoms with Crippen LogP contribution in [0.2, 0.25) is 0 Å². The van der Waals surface area contributed by atoms with E-state index in [1.54, 1.807) is 47.9 Å². The van der Waals surface area contributed by atoms with Gasteiger partial charge in [-0.25, -0.2) is 15.0 Å². The molecule has 7 nitrogen and oxygen atoms in total. The van der Waals surface area contributed by atoms with E-state index in [2.05, 4.69) is 25.3 Å². The molecule has 3 rings (SSSR count). The summed E-state index contributed by atoms with van der Waals surface area (Å²) >= 11 is 0. The summed E-state index contributed by atoms with van der Waals surface area (Å²) < 4.78 is 1.77. The lowest BCUT2D eigenvalue weighted by molar-refractivity contribution is 0.0950. The van der Waals surface area contributed by atoms with Crippen LogP contribution in [0.25, 0.3) is 5.82 Å². The molecule has 2 N–H and O–H groups in total. The molecule has 3 aromatic heterocycles. The molecular weight excluding hydrogens is 256 g/mol. The Morgan fingerprint density at radius 2 is 2.25 bits per heavy atom. The Bertz CT molecular complexity index is 672. The summed E-state index contributed by atoms with van der Waals surface area (Å²) in [6.07, 6.45) is 9.90. The summed E-state index contributed by atoms with van der Waals surface area (Å²) in [6, 6.07) is 3.50. The maximum Gasteiger partial charge on any atom is 0.253 e. The van der Waals surface area contributed by atoms with Crippen molar-refractivity contribution < 1.29 is 4.79 Å². The van der Waals surface area contributed by atoms with Crippen molar-refractivity contribution in [2.75, 3.05) is 0 Å². The van der Waals surface area contributed by atoms with Gasteiger partial charge in [0.25, 0.3) is 5.91 Å². The molecule has 0 unspecified atom stereocenters. The summed E-state index contributed by atoms with van der Waals surface area (Å²) in [5.74, 6) is 0.539. The van der Waals surface area contributed by atoms with E-state index in [1.807, 2.05) is 0 Å². The van der Waals surface area contributed by atoms with E-state index in [4.69, 9.17) is 0 Å². The molecule has 7 heteroatoms. The third kappa shape index (κ3) is 2.56. The van der Waals surface area contributed by atoms with Crippen molar-refractivity contribution in [3.8, 4) is 5.82 Å². The van der Waals surface area contributed by atoms with E-state index < -0.39 is 0 Å². The van der Waals surface area contributed by atoms with Gasteiger partial charge in [-0.1, -0.05) is 0 Å². The Morgan fingerprint density at radius 3 is 2.90 bits per heavy atom. The molecule has 3 aromatic rings. The summed E-state index contributed by atoms with van der Waals surface area (Å²) in [5.41, 5.74) is 1.36. The summed E-state index contributed by atoms with van der Waals surface area (Å²) in [4.78, 5) is 26.9. The van der Waals surface area contributed by atoms with Crippen molar-refractivity contribution in [2.24, 2.45) is 0 Å². The monoisotopic (exact) mass is 268 g/mol. The van der Waals surface area contributed by atoms with Crippen molar-refractivity contribution >= 4 is 5.91 Å². The molecule has 0 aliphatic rings. The Labute approximate surface area is 114 Å². The fraction of sp³-hybridized carbons (Fsp3) is 0.0769. The van der Waals surface area contributed by atoms with Crippen molar-refractivity contribution in [3.63, 3.8) is 0 Å². The van der Waals surface area contributed by atoms with E-state index in [0.29, 0.717) is 17.9 Å². The van der Waals surface area contributed by atoms with Gasteiger partial charge < -0.3 is 10.3 Å². The van der Waals surface area contributed by atoms with Crippen LogP contribution in [0.1, 0.15) is 16.1 Å². The maximum absolute atomic E-state index is 11.9. The number of rotatable bonds is 4. The average Bonchev–Trinajstić information content (AvgIpc) is 3.18. The van der Waals surface area contributed by atoms with Gasteiger partial charge >= 0.3 is 0 Å². The molecule has 0 atom stereocenters. The number of hydrogen-bond donors (Lipinski definition) is 2. The zero-order valence-electron chi connectivity index (χ0n) is 10.5. The number of pyridine rings is 1. The Kier molecular flexibility index (Phi) is 3.24. The number of hydrogen-bond acceptors (Lipinski definition) is 4. The first-order valence-electron chi connectivity index (χ1n) is 6.03. The minimum Gasteiger partial charge on any atom is -0.347 e. The molecule has 0 aliphatic carbocycles. The predicted molar refractivity (Wildman–Crippen MR) is 71.1 cm³/mol. The number of amides is 1. The number of carbonyl (C=O) groups is 1. The first kappa shape index (κ1) is 12.1. The van der Waals surface area contributed by atoms with Crippen LogP contribution in [0.4, 0.5) is 0 Å². The second kappa shape index (κ2) is 5.35. The van der Waals surface area contributed by atoms with Gasteiger partial charge in [0.2, 0.25) is 0 Å². The van der Waals surface area contributed by atoms with E-state index in [0.717, 1.165) is 5.69 Å². The normalized spacial score (nSPS) is 10.4. The van der Waals surface area contributed by atoms with Crippen LogP contribution >= 0.6 is 0 Å². The Balaban J connectivity index is 1.66. The zero-order valence-corrected chi connectivity index (χ0v) is 10.5. The highest BCUT2D eigenvalue weighted by Gasteiger charge is 2.06. The van der Waals surface area contributed by atoms with Crippen LogP contribution < -0.4 is 5.32 Å². The standard InChI is InChI=1S/C13H12N6O/c20-13(17-7-11-6-15-8-18-11)10-1-2-12(16-5-10)19-4-3-14-9-19/h1-6,8-9H,7H2,(H,15,18)(H,17,20). The summed E-state index contributed by atoms with van der Waals surface area (Å²) in [6.45, 7) is 0.405. The number of nitrogens with zero attached hydrogens (tertiary/aromatic N) is 4. The van der Waals surface area contributed by atoms with Gasteiger partial charge in [-0.15, -0.1) is 0 Å². The maximum atomic E-state index is 11.9. The molecule has 0 saturated carbocycles. The summed E-state index contributed by atoms with van der Waals surface area (Å²) in [7, 11) is 0. The molecule has 100 valence electrons. The van der Waals surface area contributed by atoms with Crippen LogP contribution in [0, 0.1) is 0 Å². The molecule has 0 saturated heterocycles.